The van der Waals surface area contributed by atoms with E-state index in [1.54, 1.807) is 0 Å². The zero-order valence-corrected chi connectivity index (χ0v) is 9.01. The fourth-order valence-corrected chi connectivity index (χ4v) is 1.21. The highest BCUT2D eigenvalue weighted by atomic mass is 16.3. The van der Waals surface area contributed by atoms with Gasteiger partial charge in [-0.05, 0) is 24.2 Å². The van der Waals surface area contributed by atoms with Gasteiger partial charge in [0.1, 0.15) is 0 Å². The van der Waals surface area contributed by atoms with Crippen LogP contribution in [0.1, 0.15) is 47.0 Å². The molecular formula is C11H24O. The lowest BCUT2D eigenvalue weighted by Gasteiger charge is -2.15. The molecule has 0 aromatic carbocycles. The maximum absolute atomic E-state index is 8.81. The second kappa shape index (κ2) is 6.47. The first-order valence-corrected chi connectivity index (χ1v) is 5.18. The van der Waals surface area contributed by atoms with E-state index in [1.807, 2.05) is 0 Å². The Labute approximate surface area is 77.2 Å². The second-order valence-electron chi connectivity index (χ2n) is 4.44. The Morgan fingerprint density at radius 3 is 2.00 bits per heavy atom. The van der Waals surface area contributed by atoms with Gasteiger partial charge in [0.05, 0.1) is 0 Å². The fourth-order valence-electron chi connectivity index (χ4n) is 1.21. The van der Waals surface area contributed by atoms with Crippen LogP contribution >= 0.6 is 0 Å². The maximum Gasteiger partial charge on any atom is 0.0456 e. The standard InChI is InChI=1S/C11H24O/c1-9(2)11(4)7-5-6-10(3)8-12/h9-12H,5-8H2,1-4H3/t10-,11-/m0/s1. The second-order valence-corrected chi connectivity index (χ2v) is 4.44. The first-order valence-electron chi connectivity index (χ1n) is 5.18. The zero-order valence-electron chi connectivity index (χ0n) is 9.01. The normalized spacial score (nSPS) is 16.5. The molecule has 0 aromatic heterocycles. The molecule has 0 spiro atoms. The number of rotatable bonds is 6. The average Bonchev–Trinajstić information content (AvgIpc) is 2.03. The molecule has 0 radical (unpaired) electrons. The monoisotopic (exact) mass is 172 g/mol. The van der Waals surface area contributed by atoms with E-state index < -0.39 is 0 Å². The first kappa shape index (κ1) is 12.0. The Morgan fingerprint density at radius 2 is 1.58 bits per heavy atom. The van der Waals surface area contributed by atoms with E-state index in [9.17, 15) is 0 Å². The summed E-state index contributed by atoms with van der Waals surface area (Å²) in [6.07, 6.45) is 3.75. The summed E-state index contributed by atoms with van der Waals surface area (Å²) in [7, 11) is 0. The number of aliphatic hydroxyl groups excluding tert-OH is 1. The molecule has 0 aliphatic heterocycles. The van der Waals surface area contributed by atoms with Gasteiger partial charge in [-0.1, -0.05) is 40.5 Å². The van der Waals surface area contributed by atoms with Crippen molar-refractivity contribution in [2.24, 2.45) is 17.8 Å². The predicted octanol–water partition coefficient (Wildman–Crippen LogP) is 3.08. The number of hydrogen-bond donors (Lipinski definition) is 1. The SMILES string of the molecule is CC(C)[C@@H](C)CCC[C@H](C)CO. The van der Waals surface area contributed by atoms with Gasteiger partial charge >= 0.3 is 0 Å². The van der Waals surface area contributed by atoms with Crippen LogP contribution in [0.4, 0.5) is 0 Å². The third-order valence-electron chi connectivity index (χ3n) is 2.81. The van der Waals surface area contributed by atoms with Crippen molar-refractivity contribution < 1.29 is 5.11 Å². The van der Waals surface area contributed by atoms with Crippen LogP contribution in [-0.4, -0.2) is 11.7 Å². The molecule has 1 nitrogen and oxygen atoms in total. The molecule has 0 bridgehead atoms. The van der Waals surface area contributed by atoms with Crippen molar-refractivity contribution in [2.45, 2.75) is 47.0 Å². The Morgan fingerprint density at radius 1 is 1.00 bits per heavy atom. The third kappa shape index (κ3) is 5.59. The minimum atomic E-state index is 0.343. The van der Waals surface area contributed by atoms with Crippen LogP contribution in [0.15, 0.2) is 0 Å². The molecule has 1 N–H and O–H groups in total. The lowest BCUT2D eigenvalue weighted by Crippen LogP contribution is -2.06. The van der Waals surface area contributed by atoms with Crippen molar-refractivity contribution in [1.82, 2.24) is 0 Å². The van der Waals surface area contributed by atoms with Gasteiger partial charge in [0.2, 0.25) is 0 Å². The number of hydrogen-bond acceptors (Lipinski definition) is 1. The summed E-state index contributed by atoms with van der Waals surface area (Å²) >= 11 is 0. The van der Waals surface area contributed by atoms with Crippen molar-refractivity contribution in [2.75, 3.05) is 6.61 Å². The average molecular weight is 172 g/mol. The van der Waals surface area contributed by atoms with Gasteiger partial charge in [0.25, 0.3) is 0 Å². The van der Waals surface area contributed by atoms with Crippen molar-refractivity contribution in [3.63, 3.8) is 0 Å². The van der Waals surface area contributed by atoms with Gasteiger partial charge < -0.3 is 5.11 Å². The third-order valence-corrected chi connectivity index (χ3v) is 2.81. The largest absolute Gasteiger partial charge is 0.396 e. The summed E-state index contributed by atoms with van der Waals surface area (Å²) in [5, 5.41) is 8.81. The van der Waals surface area contributed by atoms with E-state index in [0.29, 0.717) is 12.5 Å². The summed E-state index contributed by atoms with van der Waals surface area (Å²) < 4.78 is 0. The lowest BCUT2D eigenvalue weighted by molar-refractivity contribution is 0.223. The quantitative estimate of drug-likeness (QED) is 0.653. The lowest BCUT2D eigenvalue weighted by atomic mass is 9.91. The molecule has 1 heteroatoms. The molecule has 0 heterocycles. The Balaban J connectivity index is 3.30. The minimum Gasteiger partial charge on any atom is -0.396 e. The molecule has 0 aromatic rings. The molecule has 12 heavy (non-hydrogen) atoms. The van der Waals surface area contributed by atoms with Gasteiger partial charge in [0.15, 0.2) is 0 Å². The Bertz CT molecular complexity index is 99.2. The van der Waals surface area contributed by atoms with Crippen LogP contribution < -0.4 is 0 Å². The van der Waals surface area contributed by atoms with Crippen LogP contribution in [0, 0.1) is 17.8 Å². The van der Waals surface area contributed by atoms with Gasteiger partial charge in [-0.15, -0.1) is 0 Å². The highest BCUT2D eigenvalue weighted by molar-refractivity contribution is 4.59. The summed E-state index contributed by atoms with van der Waals surface area (Å²) in [6.45, 7) is 9.32. The predicted molar refractivity (Wildman–Crippen MR) is 54.1 cm³/mol. The van der Waals surface area contributed by atoms with Gasteiger partial charge in [-0.25, -0.2) is 0 Å². The van der Waals surface area contributed by atoms with E-state index in [2.05, 4.69) is 27.7 Å². The molecule has 0 saturated heterocycles. The molecular weight excluding hydrogens is 148 g/mol. The van der Waals surface area contributed by atoms with E-state index in [4.69, 9.17) is 5.11 Å². The van der Waals surface area contributed by atoms with E-state index >= 15 is 0 Å². The van der Waals surface area contributed by atoms with Gasteiger partial charge in [0, 0.05) is 6.61 Å². The van der Waals surface area contributed by atoms with Gasteiger partial charge in [-0.2, -0.15) is 0 Å². The van der Waals surface area contributed by atoms with E-state index in [-0.39, 0.29) is 0 Å². The summed E-state index contributed by atoms with van der Waals surface area (Å²) in [5.74, 6) is 2.12. The summed E-state index contributed by atoms with van der Waals surface area (Å²) in [4.78, 5) is 0. The summed E-state index contributed by atoms with van der Waals surface area (Å²) in [6, 6.07) is 0. The zero-order chi connectivity index (χ0) is 9.56. The van der Waals surface area contributed by atoms with Crippen LogP contribution in [0.3, 0.4) is 0 Å². The number of aliphatic hydroxyl groups is 1. The topological polar surface area (TPSA) is 20.2 Å². The molecule has 0 aliphatic carbocycles. The molecule has 0 aliphatic rings. The smallest absolute Gasteiger partial charge is 0.0456 e. The van der Waals surface area contributed by atoms with Crippen LogP contribution in [0.25, 0.3) is 0 Å². The highest BCUT2D eigenvalue weighted by Gasteiger charge is 2.07. The molecule has 0 unspecified atom stereocenters. The highest BCUT2D eigenvalue weighted by Crippen LogP contribution is 2.18. The van der Waals surface area contributed by atoms with Crippen molar-refractivity contribution in [1.29, 1.82) is 0 Å². The van der Waals surface area contributed by atoms with Crippen molar-refractivity contribution in [3.05, 3.63) is 0 Å². The molecule has 0 fully saturated rings. The van der Waals surface area contributed by atoms with Crippen molar-refractivity contribution in [3.8, 4) is 0 Å². The molecule has 0 rings (SSSR count). The van der Waals surface area contributed by atoms with Crippen molar-refractivity contribution >= 4 is 0 Å². The van der Waals surface area contributed by atoms with Gasteiger partial charge in [-0.3, -0.25) is 0 Å². The summed E-state index contributed by atoms with van der Waals surface area (Å²) in [5.41, 5.74) is 0. The minimum absolute atomic E-state index is 0.343. The first-order chi connectivity index (χ1) is 5.57. The Kier molecular flexibility index (Phi) is 6.45. The fraction of sp³-hybridized carbons (Fsp3) is 1.00. The molecule has 0 saturated carbocycles. The molecule has 2 atom stereocenters. The van der Waals surface area contributed by atoms with E-state index in [1.165, 1.54) is 19.3 Å². The maximum atomic E-state index is 8.81. The molecule has 0 amide bonds. The van der Waals surface area contributed by atoms with E-state index in [0.717, 1.165) is 11.8 Å². The van der Waals surface area contributed by atoms with Crippen LogP contribution in [0.5, 0.6) is 0 Å². The Hall–Kier alpha value is -0.0400. The van der Waals surface area contributed by atoms with Crippen LogP contribution in [0.2, 0.25) is 0 Å². The molecule has 74 valence electrons. The van der Waals surface area contributed by atoms with Crippen LogP contribution in [-0.2, 0) is 0 Å².